The number of halogens is 1. The quantitative estimate of drug-likeness (QED) is 0.617. The van der Waals surface area contributed by atoms with Crippen molar-refractivity contribution in [1.82, 2.24) is 0 Å². The normalized spacial score (nSPS) is 11.9. The van der Waals surface area contributed by atoms with Crippen LogP contribution < -0.4 is 11.1 Å². The van der Waals surface area contributed by atoms with Gasteiger partial charge in [-0.3, -0.25) is 9.59 Å². The van der Waals surface area contributed by atoms with Crippen LogP contribution in [0.2, 0.25) is 5.02 Å². The number of anilines is 1. The van der Waals surface area contributed by atoms with Crippen LogP contribution in [0.15, 0.2) is 12.1 Å². The zero-order valence-electron chi connectivity index (χ0n) is 10.3. The molecule has 0 fully saturated rings. The SMILES string of the molecule is CC(=O)Nc1c(O)ccc(Cl)c1C(N)CCC(=O)O. The molecule has 1 aromatic carbocycles. The number of carbonyl (C=O) groups is 2. The van der Waals surface area contributed by atoms with Gasteiger partial charge in [-0.25, -0.2) is 0 Å². The molecule has 0 spiro atoms. The van der Waals surface area contributed by atoms with Crippen molar-refractivity contribution in [3.63, 3.8) is 0 Å². The number of carboxylic acid groups (broad SMARTS) is 1. The lowest BCUT2D eigenvalue weighted by molar-refractivity contribution is -0.137. The van der Waals surface area contributed by atoms with E-state index in [0.29, 0.717) is 5.56 Å². The van der Waals surface area contributed by atoms with E-state index in [4.69, 9.17) is 22.4 Å². The van der Waals surface area contributed by atoms with E-state index in [1.54, 1.807) is 0 Å². The van der Waals surface area contributed by atoms with E-state index in [2.05, 4.69) is 5.32 Å². The third kappa shape index (κ3) is 4.11. The van der Waals surface area contributed by atoms with Gasteiger partial charge < -0.3 is 21.3 Å². The van der Waals surface area contributed by atoms with Crippen molar-refractivity contribution in [1.29, 1.82) is 0 Å². The van der Waals surface area contributed by atoms with E-state index in [-0.39, 0.29) is 35.2 Å². The largest absolute Gasteiger partial charge is 0.506 e. The summed E-state index contributed by atoms with van der Waals surface area (Å²) < 4.78 is 0. The van der Waals surface area contributed by atoms with Crippen LogP contribution in [0.1, 0.15) is 31.4 Å². The molecule has 0 saturated carbocycles. The maximum atomic E-state index is 11.1. The zero-order chi connectivity index (χ0) is 14.6. The Morgan fingerprint density at radius 2 is 2.11 bits per heavy atom. The molecule has 7 heteroatoms. The maximum Gasteiger partial charge on any atom is 0.303 e. The highest BCUT2D eigenvalue weighted by atomic mass is 35.5. The maximum absolute atomic E-state index is 11.1. The first kappa shape index (κ1) is 15.3. The number of nitrogens with one attached hydrogen (secondary N) is 1. The molecule has 1 aromatic rings. The van der Waals surface area contributed by atoms with Crippen LogP contribution in [0.4, 0.5) is 5.69 Å². The number of rotatable bonds is 5. The molecule has 0 aliphatic carbocycles. The predicted molar refractivity (Wildman–Crippen MR) is 71.2 cm³/mol. The highest BCUT2D eigenvalue weighted by Gasteiger charge is 2.20. The average molecular weight is 287 g/mol. The summed E-state index contributed by atoms with van der Waals surface area (Å²) in [5, 5.41) is 21.1. The summed E-state index contributed by atoms with van der Waals surface area (Å²) in [6.07, 6.45) is 0.0117. The monoisotopic (exact) mass is 286 g/mol. The lowest BCUT2D eigenvalue weighted by atomic mass is 10.00. The minimum atomic E-state index is -0.979. The topological polar surface area (TPSA) is 113 Å². The van der Waals surface area contributed by atoms with Crippen molar-refractivity contribution in [2.24, 2.45) is 5.73 Å². The molecule has 104 valence electrons. The molecule has 1 atom stereocenters. The first-order valence-electron chi connectivity index (χ1n) is 5.59. The Labute approximate surface area is 115 Å². The zero-order valence-corrected chi connectivity index (χ0v) is 11.1. The fraction of sp³-hybridized carbons (Fsp3) is 0.333. The number of phenolic OH excluding ortho intramolecular Hbond substituents is 1. The summed E-state index contributed by atoms with van der Waals surface area (Å²) in [6.45, 7) is 1.28. The molecule has 0 radical (unpaired) electrons. The lowest BCUT2D eigenvalue weighted by Crippen LogP contribution is -2.17. The number of benzene rings is 1. The van der Waals surface area contributed by atoms with Gasteiger partial charge in [0.2, 0.25) is 5.91 Å². The van der Waals surface area contributed by atoms with Gasteiger partial charge in [-0.15, -0.1) is 0 Å². The van der Waals surface area contributed by atoms with Crippen LogP contribution in [-0.2, 0) is 9.59 Å². The summed E-state index contributed by atoms with van der Waals surface area (Å²) in [5.41, 5.74) is 6.33. The Hall–Kier alpha value is -1.79. The number of nitrogens with two attached hydrogens (primary N) is 1. The molecule has 0 bridgehead atoms. The summed E-state index contributed by atoms with van der Waals surface area (Å²) in [7, 11) is 0. The van der Waals surface area contributed by atoms with E-state index in [0.717, 1.165) is 0 Å². The van der Waals surface area contributed by atoms with Gasteiger partial charge in [0.1, 0.15) is 5.75 Å². The van der Waals surface area contributed by atoms with E-state index < -0.39 is 12.0 Å². The molecule has 5 N–H and O–H groups in total. The van der Waals surface area contributed by atoms with Crippen molar-refractivity contribution < 1.29 is 19.8 Å². The smallest absolute Gasteiger partial charge is 0.303 e. The van der Waals surface area contributed by atoms with Crippen molar-refractivity contribution in [3.8, 4) is 5.75 Å². The summed E-state index contributed by atoms with van der Waals surface area (Å²) >= 11 is 6.01. The molecule has 1 rings (SSSR count). The molecular weight excluding hydrogens is 272 g/mol. The lowest BCUT2D eigenvalue weighted by Gasteiger charge is -2.18. The number of carbonyl (C=O) groups excluding carboxylic acids is 1. The van der Waals surface area contributed by atoms with Gasteiger partial charge in [0.25, 0.3) is 0 Å². The second-order valence-corrected chi connectivity index (χ2v) is 4.48. The molecule has 1 unspecified atom stereocenters. The van der Waals surface area contributed by atoms with Gasteiger partial charge >= 0.3 is 5.97 Å². The highest BCUT2D eigenvalue weighted by molar-refractivity contribution is 6.32. The van der Waals surface area contributed by atoms with Crippen LogP contribution in [0.25, 0.3) is 0 Å². The predicted octanol–water partition coefficient (Wildman–Crippen LogP) is 1.87. The Balaban J connectivity index is 3.12. The Morgan fingerprint density at radius 1 is 1.47 bits per heavy atom. The van der Waals surface area contributed by atoms with Gasteiger partial charge in [-0.1, -0.05) is 11.6 Å². The number of aromatic hydroxyl groups is 1. The van der Waals surface area contributed by atoms with Gasteiger partial charge in [-0.2, -0.15) is 0 Å². The summed E-state index contributed by atoms with van der Waals surface area (Å²) in [4.78, 5) is 21.7. The van der Waals surface area contributed by atoms with Gasteiger partial charge in [0.05, 0.1) is 5.69 Å². The third-order valence-electron chi connectivity index (χ3n) is 2.51. The molecule has 6 nitrogen and oxygen atoms in total. The van der Waals surface area contributed by atoms with E-state index in [1.807, 2.05) is 0 Å². The number of carboxylic acids is 1. The minimum Gasteiger partial charge on any atom is -0.506 e. The van der Waals surface area contributed by atoms with Crippen molar-refractivity contribution in [2.45, 2.75) is 25.8 Å². The number of amides is 1. The van der Waals surface area contributed by atoms with E-state index in [1.165, 1.54) is 19.1 Å². The van der Waals surface area contributed by atoms with E-state index in [9.17, 15) is 14.7 Å². The molecule has 0 aliphatic rings. The molecule has 19 heavy (non-hydrogen) atoms. The van der Waals surface area contributed by atoms with Crippen molar-refractivity contribution in [2.75, 3.05) is 5.32 Å². The van der Waals surface area contributed by atoms with E-state index >= 15 is 0 Å². The average Bonchev–Trinajstić information content (AvgIpc) is 2.30. The second-order valence-electron chi connectivity index (χ2n) is 4.08. The fourth-order valence-corrected chi connectivity index (χ4v) is 1.97. The molecule has 0 heterocycles. The Morgan fingerprint density at radius 3 is 2.63 bits per heavy atom. The Bertz CT molecular complexity index is 505. The van der Waals surface area contributed by atoms with Crippen molar-refractivity contribution >= 4 is 29.2 Å². The molecule has 0 aromatic heterocycles. The number of aliphatic carboxylic acids is 1. The number of hydrogen-bond donors (Lipinski definition) is 4. The Kier molecular flexibility index (Phi) is 5.14. The highest BCUT2D eigenvalue weighted by Crippen LogP contribution is 2.37. The molecule has 1 amide bonds. The van der Waals surface area contributed by atoms with Crippen LogP contribution >= 0.6 is 11.6 Å². The first-order chi connectivity index (χ1) is 8.82. The van der Waals surface area contributed by atoms with Gasteiger partial charge in [0, 0.05) is 30.0 Å². The molecular formula is C12H15ClN2O4. The van der Waals surface area contributed by atoms with Crippen LogP contribution in [0.3, 0.4) is 0 Å². The van der Waals surface area contributed by atoms with Crippen LogP contribution in [0, 0.1) is 0 Å². The summed E-state index contributed by atoms with van der Waals surface area (Å²) in [6, 6.07) is 2.08. The third-order valence-corrected chi connectivity index (χ3v) is 2.84. The summed E-state index contributed by atoms with van der Waals surface area (Å²) in [5.74, 6) is -1.53. The van der Waals surface area contributed by atoms with Gasteiger partial charge in [0.15, 0.2) is 0 Å². The number of hydrogen-bond acceptors (Lipinski definition) is 4. The minimum absolute atomic E-state index is 0.123. The molecule has 0 saturated heterocycles. The van der Waals surface area contributed by atoms with Crippen LogP contribution in [0.5, 0.6) is 5.75 Å². The second kappa shape index (κ2) is 6.40. The molecule has 0 aliphatic heterocycles. The van der Waals surface area contributed by atoms with Gasteiger partial charge in [-0.05, 0) is 18.6 Å². The first-order valence-corrected chi connectivity index (χ1v) is 5.97. The fourth-order valence-electron chi connectivity index (χ4n) is 1.68. The number of phenols is 1. The van der Waals surface area contributed by atoms with Crippen molar-refractivity contribution in [3.05, 3.63) is 22.7 Å². The standard InChI is InChI=1S/C12H15ClN2O4/c1-6(16)15-12-9(17)4-2-7(13)11(12)8(14)3-5-10(18)19/h2,4,8,17H,3,5,14H2,1H3,(H,15,16)(H,18,19). The van der Waals surface area contributed by atoms with Crippen LogP contribution in [-0.4, -0.2) is 22.1 Å².